The monoisotopic (exact) mass is 240 g/mol. The number of methoxy groups -OCH3 is 1. The second kappa shape index (κ2) is 4.34. The van der Waals surface area contributed by atoms with E-state index in [-0.39, 0.29) is 5.78 Å². The first-order valence-electron chi connectivity index (χ1n) is 5.18. The molecule has 0 atom stereocenters. The first kappa shape index (κ1) is 11.3. The number of carbonyl (C=O) groups excluding carboxylic acids is 1. The van der Waals surface area contributed by atoms with Gasteiger partial charge in [0.25, 0.3) is 0 Å². The summed E-state index contributed by atoms with van der Waals surface area (Å²) in [5.74, 6) is 1.17. The standard InChI is InChI=1S/C12H13ClO3/c1-7(14)9-6-10(13)12(15-2)11-8(9)4-3-5-16-11/h6H,3-5H2,1-2H3. The Balaban J connectivity index is 2.67. The van der Waals surface area contributed by atoms with Crippen molar-refractivity contribution in [3.8, 4) is 11.5 Å². The summed E-state index contributed by atoms with van der Waals surface area (Å²) >= 11 is 6.05. The zero-order valence-corrected chi connectivity index (χ0v) is 10.1. The average molecular weight is 241 g/mol. The van der Waals surface area contributed by atoms with Gasteiger partial charge in [-0.3, -0.25) is 4.79 Å². The van der Waals surface area contributed by atoms with Crippen molar-refractivity contribution in [2.75, 3.05) is 13.7 Å². The Labute approximate surface area is 99.3 Å². The van der Waals surface area contributed by atoms with E-state index < -0.39 is 0 Å². The van der Waals surface area contributed by atoms with Crippen LogP contribution in [0.5, 0.6) is 11.5 Å². The molecule has 0 saturated carbocycles. The largest absolute Gasteiger partial charge is 0.491 e. The van der Waals surface area contributed by atoms with Gasteiger partial charge in [0.1, 0.15) is 0 Å². The topological polar surface area (TPSA) is 35.5 Å². The number of halogens is 1. The molecule has 0 bridgehead atoms. The van der Waals surface area contributed by atoms with Crippen LogP contribution < -0.4 is 9.47 Å². The first-order valence-corrected chi connectivity index (χ1v) is 5.56. The maximum Gasteiger partial charge on any atom is 0.179 e. The minimum absolute atomic E-state index is 0.00584. The Kier molecular flexibility index (Phi) is 3.06. The molecule has 0 saturated heterocycles. The van der Waals surface area contributed by atoms with Gasteiger partial charge in [0.15, 0.2) is 17.3 Å². The number of benzene rings is 1. The molecule has 4 heteroatoms. The smallest absolute Gasteiger partial charge is 0.179 e. The summed E-state index contributed by atoms with van der Waals surface area (Å²) in [4.78, 5) is 11.5. The maximum absolute atomic E-state index is 11.5. The van der Waals surface area contributed by atoms with E-state index in [9.17, 15) is 4.79 Å². The van der Waals surface area contributed by atoms with Gasteiger partial charge in [0, 0.05) is 11.1 Å². The van der Waals surface area contributed by atoms with Crippen molar-refractivity contribution < 1.29 is 14.3 Å². The predicted molar refractivity (Wildman–Crippen MR) is 61.8 cm³/mol. The van der Waals surface area contributed by atoms with Gasteiger partial charge in [-0.1, -0.05) is 11.6 Å². The maximum atomic E-state index is 11.5. The number of hydrogen-bond acceptors (Lipinski definition) is 3. The van der Waals surface area contributed by atoms with Crippen molar-refractivity contribution >= 4 is 17.4 Å². The molecule has 0 N–H and O–H groups in total. The van der Waals surface area contributed by atoms with Gasteiger partial charge in [-0.05, 0) is 25.8 Å². The zero-order chi connectivity index (χ0) is 11.7. The van der Waals surface area contributed by atoms with E-state index in [4.69, 9.17) is 21.1 Å². The number of ketones is 1. The molecule has 0 radical (unpaired) electrons. The Hall–Kier alpha value is -1.22. The summed E-state index contributed by atoms with van der Waals surface area (Å²) < 4.78 is 10.8. The summed E-state index contributed by atoms with van der Waals surface area (Å²) in [6.45, 7) is 2.17. The quantitative estimate of drug-likeness (QED) is 0.746. The van der Waals surface area contributed by atoms with E-state index >= 15 is 0 Å². The lowest BCUT2D eigenvalue weighted by Crippen LogP contribution is -2.13. The van der Waals surface area contributed by atoms with Crippen molar-refractivity contribution in [1.29, 1.82) is 0 Å². The normalized spacial score (nSPS) is 13.9. The third-order valence-electron chi connectivity index (χ3n) is 2.69. The second-order valence-electron chi connectivity index (χ2n) is 3.76. The van der Waals surface area contributed by atoms with E-state index in [0.717, 1.165) is 18.4 Å². The van der Waals surface area contributed by atoms with Gasteiger partial charge < -0.3 is 9.47 Å². The molecule has 0 aliphatic carbocycles. The molecule has 0 fully saturated rings. The molecular formula is C12H13ClO3. The van der Waals surface area contributed by atoms with Crippen LogP contribution >= 0.6 is 11.6 Å². The van der Waals surface area contributed by atoms with E-state index in [2.05, 4.69) is 0 Å². The highest BCUT2D eigenvalue weighted by Crippen LogP contribution is 2.42. The summed E-state index contributed by atoms with van der Waals surface area (Å²) in [7, 11) is 1.55. The third-order valence-corrected chi connectivity index (χ3v) is 2.98. The lowest BCUT2D eigenvalue weighted by atomic mass is 9.97. The summed E-state index contributed by atoms with van der Waals surface area (Å²) in [6.07, 6.45) is 1.75. The number of fused-ring (bicyclic) bond motifs is 1. The van der Waals surface area contributed by atoms with Gasteiger partial charge in [-0.25, -0.2) is 0 Å². The molecule has 1 aromatic rings. The number of Topliss-reactive ketones (excluding diaryl/α,β-unsaturated/α-hetero) is 1. The molecule has 86 valence electrons. The van der Waals surface area contributed by atoms with Crippen LogP contribution in [0.3, 0.4) is 0 Å². The molecule has 0 aromatic heterocycles. The highest BCUT2D eigenvalue weighted by atomic mass is 35.5. The predicted octanol–water partition coefficient (Wildman–Crippen LogP) is 2.88. The van der Waals surface area contributed by atoms with Crippen LogP contribution in [-0.2, 0) is 6.42 Å². The van der Waals surface area contributed by atoms with Crippen LogP contribution in [0.1, 0.15) is 29.3 Å². The fraction of sp³-hybridized carbons (Fsp3) is 0.417. The molecule has 0 unspecified atom stereocenters. The first-order chi connectivity index (χ1) is 7.65. The molecule has 1 aromatic carbocycles. The van der Waals surface area contributed by atoms with Gasteiger partial charge >= 0.3 is 0 Å². The second-order valence-corrected chi connectivity index (χ2v) is 4.16. The molecule has 0 spiro atoms. The molecule has 16 heavy (non-hydrogen) atoms. The minimum atomic E-state index is 0.00584. The number of rotatable bonds is 2. The van der Waals surface area contributed by atoms with Gasteiger partial charge in [-0.15, -0.1) is 0 Å². The summed E-state index contributed by atoms with van der Waals surface area (Å²) in [6, 6.07) is 1.66. The van der Waals surface area contributed by atoms with Gasteiger partial charge in [-0.2, -0.15) is 0 Å². The van der Waals surface area contributed by atoms with E-state index in [1.54, 1.807) is 13.2 Å². The van der Waals surface area contributed by atoms with E-state index in [1.165, 1.54) is 6.92 Å². The molecule has 0 amide bonds. The Morgan fingerprint density at radius 1 is 1.56 bits per heavy atom. The lowest BCUT2D eigenvalue weighted by molar-refractivity contribution is 0.101. The van der Waals surface area contributed by atoms with Crippen molar-refractivity contribution in [2.45, 2.75) is 19.8 Å². The average Bonchev–Trinajstić information content (AvgIpc) is 2.28. The van der Waals surface area contributed by atoms with Crippen LogP contribution in [0.2, 0.25) is 5.02 Å². The molecule has 1 aliphatic rings. The minimum Gasteiger partial charge on any atom is -0.491 e. The zero-order valence-electron chi connectivity index (χ0n) is 9.30. The highest BCUT2D eigenvalue weighted by molar-refractivity contribution is 6.32. The fourth-order valence-electron chi connectivity index (χ4n) is 1.98. The Morgan fingerprint density at radius 3 is 2.94 bits per heavy atom. The van der Waals surface area contributed by atoms with Crippen LogP contribution in [0.25, 0.3) is 0 Å². The van der Waals surface area contributed by atoms with Crippen LogP contribution in [0, 0.1) is 0 Å². The summed E-state index contributed by atoms with van der Waals surface area (Å²) in [5, 5.41) is 0.424. The summed E-state index contributed by atoms with van der Waals surface area (Å²) in [5.41, 5.74) is 1.56. The van der Waals surface area contributed by atoms with Gasteiger partial charge in [0.2, 0.25) is 0 Å². The van der Waals surface area contributed by atoms with E-state index in [1.807, 2.05) is 0 Å². The fourth-order valence-corrected chi connectivity index (χ4v) is 2.25. The van der Waals surface area contributed by atoms with Crippen molar-refractivity contribution in [3.63, 3.8) is 0 Å². The molecule has 1 aliphatic heterocycles. The SMILES string of the molecule is COc1c(Cl)cc(C(C)=O)c2c1OCCC2. The van der Waals surface area contributed by atoms with E-state index in [0.29, 0.717) is 28.7 Å². The van der Waals surface area contributed by atoms with Crippen molar-refractivity contribution in [2.24, 2.45) is 0 Å². The van der Waals surface area contributed by atoms with Crippen molar-refractivity contribution in [3.05, 3.63) is 22.2 Å². The molecule has 1 heterocycles. The third kappa shape index (κ3) is 1.76. The van der Waals surface area contributed by atoms with Crippen LogP contribution in [0.15, 0.2) is 6.07 Å². The van der Waals surface area contributed by atoms with Crippen LogP contribution in [-0.4, -0.2) is 19.5 Å². The van der Waals surface area contributed by atoms with Crippen molar-refractivity contribution in [1.82, 2.24) is 0 Å². The number of carbonyl (C=O) groups is 1. The Bertz CT molecular complexity index is 440. The van der Waals surface area contributed by atoms with Gasteiger partial charge in [0.05, 0.1) is 18.7 Å². The lowest BCUT2D eigenvalue weighted by Gasteiger charge is -2.22. The molecule has 2 rings (SSSR count). The van der Waals surface area contributed by atoms with Crippen LogP contribution in [0.4, 0.5) is 0 Å². The number of ether oxygens (including phenoxy) is 2. The molecule has 3 nitrogen and oxygen atoms in total. The highest BCUT2D eigenvalue weighted by Gasteiger charge is 2.23. The Morgan fingerprint density at radius 2 is 2.31 bits per heavy atom. The molecular weight excluding hydrogens is 228 g/mol. The number of hydrogen-bond donors (Lipinski definition) is 0.